The molecule has 0 radical (unpaired) electrons. The van der Waals surface area contributed by atoms with E-state index in [1.54, 1.807) is 37.3 Å². The minimum absolute atomic E-state index is 0.256. The summed E-state index contributed by atoms with van der Waals surface area (Å²) in [6.07, 6.45) is 2.48. The molecule has 10 heteroatoms. The van der Waals surface area contributed by atoms with Crippen LogP contribution in [0.15, 0.2) is 24.3 Å². The van der Waals surface area contributed by atoms with Crippen molar-refractivity contribution in [3.8, 4) is 0 Å². The van der Waals surface area contributed by atoms with Crippen LogP contribution in [0.25, 0.3) is 10.2 Å². The highest BCUT2D eigenvalue weighted by Gasteiger charge is 2.33. The molecule has 0 atom stereocenters. The molecule has 3 aromatic rings. The predicted octanol–water partition coefficient (Wildman–Crippen LogP) is 6.66. The van der Waals surface area contributed by atoms with Crippen LogP contribution in [0.1, 0.15) is 92.0 Å². The quantitative estimate of drug-likeness (QED) is 0.390. The molecule has 2 heterocycles. The number of aromatic nitrogens is 3. The number of carbonyl (C=O) groups is 1. The number of halogens is 3. The highest BCUT2D eigenvalue weighted by molar-refractivity contribution is 7.18. The molecule has 1 fully saturated rings. The first kappa shape index (κ1) is 25.5. The molecule has 6 nitrogen and oxygen atoms in total. The lowest BCUT2D eigenvalue weighted by molar-refractivity contribution is -0.141. The second-order valence-corrected chi connectivity index (χ2v) is 10.8. The maximum atomic E-state index is 12.8. The maximum Gasteiger partial charge on any atom is 0.435 e. The van der Waals surface area contributed by atoms with Crippen LogP contribution in [-0.2, 0) is 11.8 Å². The molecule has 4 rings (SSSR count). The first-order valence-corrected chi connectivity index (χ1v) is 12.7. The van der Waals surface area contributed by atoms with Gasteiger partial charge in [0.1, 0.15) is 0 Å². The summed E-state index contributed by atoms with van der Waals surface area (Å²) in [6, 6.07) is 5.23. The molecule has 35 heavy (non-hydrogen) atoms. The third kappa shape index (κ3) is 5.81. The summed E-state index contributed by atoms with van der Waals surface area (Å²) in [7, 11) is 0. The van der Waals surface area contributed by atoms with E-state index in [1.165, 1.54) is 25.7 Å². The number of hydrogen-bond donors (Lipinski definition) is 2. The van der Waals surface area contributed by atoms with Crippen LogP contribution >= 0.6 is 11.3 Å². The fraction of sp³-hybridized carbons (Fsp3) is 0.520. The van der Waals surface area contributed by atoms with Gasteiger partial charge in [-0.15, -0.1) is 21.5 Å². The third-order valence-electron chi connectivity index (χ3n) is 6.53. The van der Waals surface area contributed by atoms with Gasteiger partial charge in [0.25, 0.3) is 5.91 Å². The monoisotopic (exact) mass is 506 g/mol. The van der Waals surface area contributed by atoms with E-state index in [4.69, 9.17) is 4.98 Å². The van der Waals surface area contributed by atoms with Crippen molar-refractivity contribution in [2.45, 2.75) is 77.0 Å². The summed E-state index contributed by atoms with van der Waals surface area (Å²) in [5, 5.41) is 21.0. The average molecular weight is 507 g/mol. The number of nitrogens with one attached hydrogen (secondary N) is 1. The summed E-state index contributed by atoms with van der Waals surface area (Å²) in [6.45, 7) is 5.43. The second-order valence-electron chi connectivity index (χ2n) is 9.74. The van der Waals surface area contributed by atoms with Gasteiger partial charge >= 0.3 is 6.18 Å². The average Bonchev–Trinajstić information content (AvgIpc) is 3.21. The fourth-order valence-electron chi connectivity index (χ4n) is 4.67. The van der Waals surface area contributed by atoms with Crippen molar-refractivity contribution in [2.75, 3.05) is 5.32 Å². The Kier molecular flexibility index (Phi) is 7.15. The Morgan fingerprint density at radius 2 is 1.86 bits per heavy atom. The van der Waals surface area contributed by atoms with Crippen LogP contribution in [0.3, 0.4) is 0 Å². The predicted molar refractivity (Wildman–Crippen MR) is 129 cm³/mol. The molecular weight excluding hydrogens is 477 g/mol. The Labute approximate surface area is 206 Å². The van der Waals surface area contributed by atoms with E-state index in [0.717, 1.165) is 40.1 Å². The summed E-state index contributed by atoms with van der Waals surface area (Å²) in [4.78, 5) is 17.6. The van der Waals surface area contributed by atoms with Crippen molar-refractivity contribution < 1.29 is 23.1 Å². The van der Waals surface area contributed by atoms with Crippen LogP contribution in [0.5, 0.6) is 0 Å². The highest BCUT2D eigenvalue weighted by Crippen LogP contribution is 2.42. The van der Waals surface area contributed by atoms with Gasteiger partial charge in [0.05, 0.1) is 20.8 Å². The Morgan fingerprint density at radius 3 is 2.43 bits per heavy atom. The third-order valence-corrected chi connectivity index (χ3v) is 7.71. The van der Waals surface area contributed by atoms with Crippen molar-refractivity contribution in [2.24, 2.45) is 5.92 Å². The Balaban J connectivity index is 1.60. The molecule has 1 amide bonds. The van der Waals surface area contributed by atoms with Crippen molar-refractivity contribution >= 4 is 33.1 Å². The van der Waals surface area contributed by atoms with Crippen LogP contribution in [0, 0.1) is 5.92 Å². The number of anilines is 1. The molecule has 0 spiro atoms. The summed E-state index contributed by atoms with van der Waals surface area (Å²) < 4.78 is 39.1. The summed E-state index contributed by atoms with van der Waals surface area (Å²) >= 11 is 1.58. The lowest BCUT2D eigenvalue weighted by Gasteiger charge is -2.26. The van der Waals surface area contributed by atoms with E-state index in [9.17, 15) is 23.1 Å². The molecule has 1 aromatic carbocycles. The number of carbonyl (C=O) groups excluding carboxylic acids is 1. The molecule has 0 unspecified atom stereocenters. The van der Waals surface area contributed by atoms with Crippen molar-refractivity contribution in [3.63, 3.8) is 0 Å². The van der Waals surface area contributed by atoms with Crippen molar-refractivity contribution in [3.05, 3.63) is 46.2 Å². The lowest BCUT2D eigenvalue weighted by atomic mass is 9.80. The van der Waals surface area contributed by atoms with E-state index in [-0.39, 0.29) is 5.69 Å². The topological polar surface area (TPSA) is 88.0 Å². The van der Waals surface area contributed by atoms with Crippen LogP contribution < -0.4 is 5.32 Å². The molecule has 0 saturated heterocycles. The van der Waals surface area contributed by atoms with Gasteiger partial charge in [-0.25, -0.2) is 4.98 Å². The molecule has 1 aliphatic rings. The zero-order valence-corrected chi connectivity index (χ0v) is 20.8. The highest BCUT2D eigenvalue weighted by atomic mass is 32.1. The number of aliphatic hydroxyl groups is 1. The van der Waals surface area contributed by atoms with Gasteiger partial charge in [-0.2, -0.15) is 13.2 Å². The number of rotatable bonds is 6. The molecule has 2 N–H and O–H groups in total. The van der Waals surface area contributed by atoms with E-state index < -0.39 is 23.4 Å². The molecule has 188 valence electrons. The number of nitrogens with zero attached hydrogens (tertiary/aromatic N) is 3. The van der Waals surface area contributed by atoms with Gasteiger partial charge in [-0.3, -0.25) is 4.79 Å². The van der Waals surface area contributed by atoms with Crippen LogP contribution in [-0.4, -0.2) is 26.2 Å². The van der Waals surface area contributed by atoms with Crippen molar-refractivity contribution in [1.82, 2.24) is 15.2 Å². The Hall–Kier alpha value is -2.59. The largest absolute Gasteiger partial charge is 0.435 e. The Bertz CT molecular complexity index is 1190. The summed E-state index contributed by atoms with van der Waals surface area (Å²) in [5.41, 5.74) is -1.14. The van der Waals surface area contributed by atoms with Gasteiger partial charge in [0.15, 0.2) is 11.4 Å². The SMILES string of the molecule is CCC[C@H]1CC[C@H](c2nc3cc(C(C)(C)O)c(NC(=O)c4ccc(C(F)(F)F)nn4)cc3s2)CC1. The molecule has 1 saturated carbocycles. The van der Waals surface area contributed by atoms with Gasteiger partial charge in [0.2, 0.25) is 0 Å². The minimum Gasteiger partial charge on any atom is -0.386 e. The first-order chi connectivity index (χ1) is 16.5. The molecule has 0 aliphatic heterocycles. The number of benzene rings is 1. The van der Waals surface area contributed by atoms with Gasteiger partial charge in [-0.05, 0) is 69.7 Å². The lowest BCUT2D eigenvalue weighted by Crippen LogP contribution is -2.22. The number of fused-ring (bicyclic) bond motifs is 1. The number of hydrogen-bond acceptors (Lipinski definition) is 6. The molecule has 1 aliphatic carbocycles. The standard InChI is InChI=1S/C25H29F3N4O2S/c1-4-5-14-6-8-15(9-7-14)23-30-19-12-16(24(2,3)34)18(13-20(19)35-23)29-22(33)17-10-11-21(32-31-17)25(26,27)28/h10-15,34H,4-9H2,1-3H3,(H,29,33)/t14-,15-. The smallest absolute Gasteiger partial charge is 0.386 e. The van der Waals surface area contributed by atoms with Gasteiger partial charge in [-0.1, -0.05) is 19.8 Å². The fourth-order valence-corrected chi connectivity index (χ4v) is 5.83. The minimum atomic E-state index is -4.64. The van der Waals surface area contributed by atoms with Gasteiger partial charge in [0, 0.05) is 17.2 Å². The second kappa shape index (κ2) is 9.81. The number of alkyl halides is 3. The Morgan fingerprint density at radius 1 is 1.14 bits per heavy atom. The van der Waals surface area contributed by atoms with Crippen LogP contribution in [0.4, 0.5) is 18.9 Å². The zero-order chi connectivity index (χ0) is 25.4. The first-order valence-electron chi connectivity index (χ1n) is 11.8. The number of thiazole rings is 1. The zero-order valence-electron chi connectivity index (χ0n) is 19.9. The van der Waals surface area contributed by atoms with E-state index >= 15 is 0 Å². The van der Waals surface area contributed by atoms with E-state index in [0.29, 0.717) is 23.2 Å². The molecule has 0 bridgehead atoms. The van der Waals surface area contributed by atoms with E-state index in [2.05, 4.69) is 22.4 Å². The van der Waals surface area contributed by atoms with Gasteiger partial charge < -0.3 is 10.4 Å². The maximum absolute atomic E-state index is 12.8. The van der Waals surface area contributed by atoms with Crippen molar-refractivity contribution in [1.29, 1.82) is 0 Å². The summed E-state index contributed by atoms with van der Waals surface area (Å²) in [5.74, 6) is 0.490. The molecule has 2 aromatic heterocycles. The van der Waals surface area contributed by atoms with Crippen LogP contribution in [0.2, 0.25) is 0 Å². The molecular formula is C25H29F3N4O2S. The van der Waals surface area contributed by atoms with E-state index in [1.807, 2.05) is 0 Å². The number of amides is 1. The normalized spacial score (nSPS) is 19.2.